The third-order valence-electron chi connectivity index (χ3n) is 3.98. The number of carbonyl (C=O) groups is 1. The number of nitrogens with one attached hydrogen (secondary N) is 2. The minimum Gasteiger partial charge on any atom is -0.325 e. The summed E-state index contributed by atoms with van der Waals surface area (Å²) in [6.07, 6.45) is 4.70. The molecule has 130 valence electrons. The smallest absolute Gasteiger partial charge is 0.238 e. The van der Waals surface area contributed by atoms with Crippen molar-refractivity contribution in [2.75, 3.05) is 18.9 Å². The largest absolute Gasteiger partial charge is 0.325 e. The van der Waals surface area contributed by atoms with E-state index >= 15 is 0 Å². The molecular weight excluding hydrogens is 336 g/mol. The Hall–Kier alpha value is -1.11. The Balaban J connectivity index is 0.00000264. The van der Waals surface area contributed by atoms with Gasteiger partial charge in [-0.15, -0.1) is 12.4 Å². The van der Waals surface area contributed by atoms with Crippen LogP contribution in [-0.4, -0.2) is 33.2 Å². The van der Waals surface area contributed by atoms with Crippen molar-refractivity contribution in [2.24, 2.45) is 0 Å². The molecule has 2 N–H and O–H groups in total. The van der Waals surface area contributed by atoms with Gasteiger partial charge < -0.3 is 10.6 Å². The van der Waals surface area contributed by atoms with Gasteiger partial charge in [-0.2, -0.15) is 0 Å². The molecule has 1 saturated carbocycles. The standard InChI is InChI=1S/C16H24N2O3S.ClH/c1-17-11-16(19)18-14-7-5-6-13(10-14)12-22(20,21)15-8-3-2-4-9-15;/h5-7,10,15,17H,2-4,8-9,11-12H2,1H3,(H,18,19);1H. The first-order chi connectivity index (χ1) is 10.5. The SMILES string of the molecule is CNCC(=O)Nc1cccc(CS(=O)(=O)C2CCCCC2)c1.Cl. The van der Waals surface area contributed by atoms with Crippen molar-refractivity contribution in [3.05, 3.63) is 29.8 Å². The van der Waals surface area contributed by atoms with E-state index in [1.165, 1.54) is 0 Å². The topological polar surface area (TPSA) is 75.3 Å². The Bertz CT molecular complexity index is 614. The van der Waals surface area contributed by atoms with Crippen molar-refractivity contribution in [3.8, 4) is 0 Å². The number of carbonyl (C=O) groups excluding carboxylic acids is 1. The summed E-state index contributed by atoms with van der Waals surface area (Å²) in [7, 11) is -1.42. The first kappa shape index (κ1) is 19.9. The molecule has 1 amide bonds. The van der Waals surface area contributed by atoms with Gasteiger partial charge in [-0.05, 0) is 37.6 Å². The highest BCUT2D eigenvalue weighted by molar-refractivity contribution is 7.91. The Labute approximate surface area is 144 Å². The van der Waals surface area contributed by atoms with Gasteiger partial charge in [0.2, 0.25) is 5.91 Å². The average molecular weight is 361 g/mol. The molecule has 2 rings (SSSR count). The maximum absolute atomic E-state index is 12.5. The van der Waals surface area contributed by atoms with Crippen molar-refractivity contribution in [1.82, 2.24) is 5.32 Å². The summed E-state index contributed by atoms with van der Waals surface area (Å²) in [6.45, 7) is 0.227. The third-order valence-corrected chi connectivity index (χ3v) is 6.20. The number of rotatable bonds is 6. The molecule has 1 aliphatic rings. The maximum Gasteiger partial charge on any atom is 0.238 e. The van der Waals surface area contributed by atoms with E-state index in [-0.39, 0.29) is 35.9 Å². The maximum atomic E-state index is 12.5. The molecule has 0 saturated heterocycles. The fraction of sp³-hybridized carbons (Fsp3) is 0.562. The minimum absolute atomic E-state index is 0. The Morgan fingerprint density at radius 2 is 1.91 bits per heavy atom. The summed E-state index contributed by atoms with van der Waals surface area (Å²) < 4.78 is 25.0. The molecule has 7 heteroatoms. The highest BCUT2D eigenvalue weighted by Crippen LogP contribution is 2.26. The molecule has 0 aliphatic heterocycles. The average Bonchev–Trinajstić information content (AvgIpc) is 2.48. The zero-order valence-corrected chi connectivity index (χ0v) is 15.0. The van der Waals surface area contributed by atoms with Gasteiger partial charge in [-0.3, -0.25) is 4.79 Å². The van der Waals surface area contributed by atoms with E-state index in [4.69, 9.17) is 0 Å². The normalized spacial score (nSPS) is 15.7. The van der Waals surface area contributed by atoms with Gasteiger partial charge in [-0.25, -0.2) is 8.42 Å². The van der Waals surface area contributed by atoms with E-state index in [0.29, 0.717) is 5.69 Å². The van der Waals surface area contributed by atoms with E-state index in [9.17, 15) is 13.2 Å². The molecule has 23 heavy (non-hydrogen) atoms. The first-order valence-electron chi connectivity index (χ1n) is 7.76. The van der Waals surface area contributed by atoms with Crippen molar-refractivity contribution in [1.29, 1.82) is 0 Å². The second kappa shape index (κ2) is 9.25. The number of benzene rings is 1. The third kappa shape index (κ3) is 6.12. The van der Waals surface area contributed by atoms with Crippen LogP contribution < -0.4 is 10.6 Å². The lowest BCUT2D eigenvalue weighted by molar-refractivity contribution is -0.115. The zero-order chi connectivity index (χ0) is 16.0. The van der Waals surface area contributed by atoms with Gasteiger partial charge in [0, 0.05) is 5.69 Å². The van der Waals surface area contributed by atoms with Crippen LogP contribution in [0.5, 0.6) is 0 Å². The predicted octanol–water partition coefficient (Wildman–Crippen LogP) is 2.51. The zero-order valence-electron chi connectivity index (χ0n) is 13.4. The molecule has 0 radical (unpaired) electrons. The quantitative estimate of drug-likeness (QED) is 0.817. The fourth-order valence-electron chi connectivity index (χ4n) is 2.88. The number of likely N-dealkylation sites (N-methyl/N-ethyl adjacent to an activating group) is 1. The number of anilines is 1. The summed E-state index contributed by atoms with van der Waals surface area (Å²) in [5.41, 5.74) is 1.37. The van der Waals surface area contributed by atoms with E-state index in [2.05, 4.69) is 10.6 Å². The Morgan fingerprint density at radius 3 is 2.57 bits per heavy atom. The van der Waals surface area contributed by atoms with E-state index in [1.54, 1.807) is 31.3 Å². The predicted molar refractivity (Wildman–Crippen MR) is 95.7 cm³/mol. The lowest BCUT2D eigenvalue weighted by Crippen LogP contribution is -2.26. The van der Waals surface area contributed by atoms with Crippen LogP contribution in [0, 0.1) is 0 Å². The van der Waals surface area contributed by atoms with Crippen molar-refractivity contribution < 1.29 is 13.2 Å². The summed E-state index contributed by atoms with van der Waals surface area (Å²) in [4.78, 5) is 11.6. The Kier molecular flexibility index (Phi) is 8.02. The van der Waals surface area contributed by atoms with E-state index < -0.39 is 9.84 Å². The minimum atomic E-state index is -3.12. The molecular formula is C16H25ClN2O3S. The van der Waals surface area contributed by atoms with Crippen LogP contribution in [0.4, 0.5) is 5.69 Å². The molecule has 0 bridgehead atoms. The first-order valence-corrected chi connectivity index (χ1v) is 9.48. The Morgan fingerprint density at radius 1 is 1.22 bits per heavy atom. The molecule has 1 aromatic rings. The van der Waals surface area contributed by atoms with Crippen molar-refractivity contribution in [3.63, 3.8) is 0 Å². The lowest BCUT2D eigenvalue weighted by Gasteiger charge is -2.21. The van der Waals surface area contributed by atoms with Crippen LogP contribution in [0.1, 0.15) is 37.7 Å². The second-order valence-electron chi connectivity index (χ2n) is 5.85. The fourth-order valence-corrected chi connectivity index (χ4v) is 4.81. The van der Waals surface area contributed by atoms with Crippen LogP contribution in [0.25, 0.3) is 0 Å². The second-order valence-corrected chi connectivity index (χ2v) is 8.13. The number of hydrogen-bond donors (Lipinski definition) is 2. The number of hydrogen-bond acceptors (Lipinski definition) is 4. The van der Waals surface area contributed by atoms with E-state index in [1.807, 2.05) is 0 Å². The molecule has 1 aliphatic carbocycles. The van der Waals surface area contributed by atoms with E-state index in [0.717, 1.165) is 37.7 Å². The van der Waals surface area contributed by atoms with Crippen LogP contribution >= 0.6 is 12.4 Å². The molecule has 0 heterocycles. The van der Waals surface area contributed by atoms with Crippen molar-refractivity contribution >= 4 is 33.8 Å². The number of amides is 1. The summed E-state index contributed by atoms with van der Waals surface area (Å²) >= 11 is 0. The highest BCUT2D eigenvalue weighted by Gasteiger charge is 2.27. The summed E-state index contributed by atoms with van der Waals surface area (Å²) in [5, 5.41) is 5.32. The van der Waals surface area contributed by atoms with Gasteiger partial charge in [0.1, 0.15) is 0 Å². The van der Waals surface area contributed by atoms with Crippen molar-refractivity contribution in [2.45, 2.75) is 43.1 Å². The van der Waals surface area contributed by atoms with Crippen LogP contribution in [-0.2, 0) is 20.4 Å². The highest BCUT2D eigenvalue weighted by atomic mass is 35.5. The van der Waals surface area contributed by atoms with Gasteiger partial charge in [0.15, 0.2) is 9.84 Å². The molecule has 0 aromatic heterocycles. The molecule has 0 unspecified atom stereocenters. The van der Waals surface area contributed by atoms with Gasteiger partial charge >= 0.3 is 0 Å². The van der Waals surface area contributed by atoms with Crippen LogP contribution in [0.3, 0.4) is 0 Å². The van der Waals surface area contributed by atoms with Gasteiger partial charge in [-0.1, -0.05) is 31.4 Å². The molecule has 0 spiro atoms. The number of sulfone groups is 1. The monoisotopic (exact) mass is 360 g/mol. The molecule has 0 atom stereocenters. The van der Waals surface area contributed by atoms with Gasteiger partial charge in [0.25, 0.3) is 0 Å². The molecule has 1 fully saturated rings. The lowest BCUT2D eigenvalue weighted by atomic mass is 10.0. The van der Waals surface area contributed by atoms with Gasteiger partial charge in [0.05, 0.1) is 17.5 Å². The summed E-state index contributed by atoms with van der Waals surface area (Å²) in [6, 6.07) is 7.09. The van der Waals surface area contributed by atoms with Crippen LogP contribution in [0.2, 0.25) is 0 Å². The summed E-state index contributed by atoms with van der Waals surface area (Å²) in [5.74, 6) is -0.0947. The number of halogens is 1. The van der Waals surface area contributed by atoms with Crippen LogP contribution in [0.15, 0.2) is 24.3 Å². The molecule has 5 nitrogen and oxygen atoms in total. The molecule has 1 aromatic carbocycles.